The molecule has 1 aromatic rings. The zero-order chi connectivity index (χ0) is 24.1. The Hall–Kier alpha value is -1.27. The molecule has 1 amide bonds. The third-order valence-electron chi connectivity index (χ3n) is 4.07. The lowest BCUT2D eigenvalue weighted by atomic mass is 10.1. The molecule has 1 fully saturated rings. The molecule has 1 aromatic heterocycles. The highest BCUT2D eigenvalue weighted by Gasteiger charge is 2.53. The third kappa shape index (κ3) is 6.19. The maximum absolute atomic E-state index is 12.0. The normalized spacial score (nSPS) is 28.8. The molecule has 2 aliphatic rings. The average Bonchev–Trinajstić information content (AvgIpc) is 3.12. The van der Waals surface area contributed by atoms with Crippen LogP contribution >= 0.6 is 23.5 Å². The fraction of sp³-hybridized carbons (Fsp3) is 0.600. The van der Waals surface area contributed by atoms with E-state index < -0.39 is 66.8 Å². The van der Waals surface area contributed by atoms with Gasteiger partial charge in [0.2, 0.25) is 0 Å². The highest BCUT2D eigenvalue weighted by molar-refractivity contribution is 7.46. The molecule has 19 nitrogen and oxygen atoms in total. The van der Waals surface area contributed by atoms with Crippen molar-refractivity contribution in [2.75, 3.05) is 11.9 Å². The van der Waals surface area contributed by atoms with Crippen LogP contribution in [0.5, 0.6) is 0 Å². The van der Waals surface area contributed by atoms with Crippen molar-refractivity contribution < 1.29 is 66.2 Å². The lowest BCUT2D eigenvalue weighted by Gasteiger charge is -2.28. The number of anilines is 1. The number of ether oxygens (including phenoxy) is 1. The molecule has 3 rings (SSSR count). The predicted octanol–water partition coefficient (Wildman–Crippen LogP) is -2.76. The Morgan fingerprint density at radius 3 is 2.19 bits per heavy atom. The number of carbonyl (C=O) groups is 1. The Bertz CT molecular complexity index is 1010. The molecule has 0 aromatic carbocycles. The van der Waals surface area contributed by atoms with E-state index in [-0.39, 0.29) is 11.5 Å². The monoisotopic (exact) mass is 525 g/mol. The summed E-state index contributed by atoms with van der Waals surface area (Å²) in [5, 5.41) is 4.90. The quantitative estimate of drug-likeness (QED) is 0.155. The number of hydrogen-bond acceptors (Lipinski definition) is 11. The number of hydrogen-bond donors (Lipinski definition) is 9. The maximum Gasteiger partial charge on any atom is 0.470 e. The summed E-state index contributed by atoms with van der Waals surface area (Å²) in [4.78, 5) is 70.6. The van der Waals surface area contributed by atoms with Crippen molar-refractivity contribution >= 4 is 35.2 Å². The standard InChI is InChI=1S/C10H18N5O14P3/c11-10-13-7-4(8(16)14-10)12-2-15(7)9-6(29-32(23,24)25)5(28-31(20,21)22)3(27-9)1-26-30(17,18)19/h2-3,5-6,9-10,13H,1,11H2,(H,14,16)(H2,17,18,19)(H2,20,21,22)(H2,23,24,25)/t3-,5-,6-,9-,10?/m1/s1. The largest absolute Gasteiger partial charge is 0.470 e. The molecule has 22 heteroatoms. The van der Waals surface area contributed by atoms with Gasteiger partial charge in [0.05, 0.1) is 12.9 Å². The fourth-order valence-corrected chi connectivity index (χ4v) is 4.50. The molecule has 182 valence electrons. The number of amides is 1. The van der Waals surface area contributed by atoms with Crippen molar-refractivity contribution in [3.05, 3.63) is 12.0 Å². The van der Waals surface area contributed by atoms with E-state index in [4.69, 9.17) is 20.3 Å². The summed E-state index contributed by atoms with van der Waals surface area (Å²) in [6.45, 7) is -1.03. The van der Waals surface area contributed by atoms with Crippen LogP contribution in [-0.4, -0.2) is 76.0 Å². The molecule has 10 N–H and O–H groups in total. The Balaban J connectivity index is 2.03. The number of aromatic nitrogens is 2. The highest BCUT2D eigenvalue weighted by atomic mass is 31.2. The fourth-order valence-electron chi connectivity index (χ4n) is 3.05. The SMILES string of the molecule is NC1NC(=O)c2ncn([C@@H]3O[C@H](COP(=O)(O)O)[C@@H](OP(=O)(O)O)[C@H]3OP(=O)(O)O)c2N1. The number of fused-ring (bicyclic) bond motifs is 1. The predicted molar refractivity (Wildman–Crippen MR) is 97.0 cm³/mol. The van der Waals surface area contributed by atoms with Gasteiger partial charge >= 0.3 is 23.5 Å². The molecule has 1 unspecified atom stereocenters. The van der Waals surface area contributed by atoms with Crippen LogP contribution in [0.2, 0.25) is 0 Å². The van der Waals surface area contributed by atoms with Gasteiger partial charge in [-0.2, -0.15) is 0 Å². The van der Waals surface area contributed by atoms with Gasteiger partial charge in [0.15, 0.2) is 18.2 Å². The molecule has 5 atom stereocenters. The van der Waals surface area contributed by atoms with Crippen LogP contribution < -0.4 is 16.4 Å². The first-order valence-electron chi connectivity index (χ1n) is 8.27. The van der Waals surface area contributed by atoms with Crippen molar-refractivity contribution in [3.63, 3.8) is 0 Å². The minimum absolute atomic E-state index is 0.114. The minimum atomic E-state index is -5.35. The number of rotatable bonds is 8. The van der Waals surface area contributed by atoms with Crippen LogP contribution in [0.4, 0.5) is 5.82 Å². The van der Waals surface area contributed by atoms with E-state index in [0.717, 1.165) is 10.9 Å². The molecule has 2 aliphatic heterocycles. The molecule has 1 saturated heterocycles. The van der Waals surface area contributed by atoms with Gasteiger partial charge in [0.25, 0.3) is 5.91 Å². The smallest absolute Gasteiger partial charge is 0.347 e. The van der Waals surface area contributed by atoms with E-state index in [1.54, 1.807) is 0 Å². The Labute approximate surface area is 177 Å². The number of carbonyl (C=O) groups excluding carboxylic acids is 1. The minimum Gasteiger partial charge on any atom is -0.347 e. The van der Waals surface area contributed by atoms with Crippen LogP contribution in [0, 0.1) is 0 Å². The molecule has 32 heavy (non-hydrogen) atoms. The van der Waals surface area contributed by atoms with Crippen molar-refractivity contribution in [2.24, 2.45) is 5.73 Å². The van der Waals surface area contributed by atoms with Gasteiger partial charge in [0.1, 0.15) is 24.1 Å². The first kappa shape index (κ1) is 25.4. The first-order chi connectivity index (χ1) is 14.5. The van der Waals surface area contributed by atoms with Gasteiger partial charge < -0.3 is 44.7 Å². The van der Waals surface area contributed by atoms with Crippen LogP contribution in [0.1, 0.15) is 16.7 Å². The van der Waals surface area contributed by atoms with Crippen LogP contribution in [0.25, 0.3) is 0 Å². The van der Waals surface area contributed by atoms with E-state index in [9.17, 15) is 38.1 Å². The molecule has 3 heterocycles. The maximum atomic E-state index is 12.0. The van der Waals surface area contributed by atoms with Crippen molar-refractivity contribution in [1.29, 1.82) is 0 Å². The summed E-state index contributed by atoms with van der Waals surface area (Å²) in [6, 6.07) is 0. The van der Waals surface area contributed by atoms with E-state index in [2.05, 4.69) is 29.2 Å². The number of phosphoric ester groups is 3. The van der Waals surface area contributed by atoms with Crippen molar-refractivity contribution in [3.8, 4) is 0 Å². The summed E-state index contributed by atoms with van der Waals surface area (Å²) in [7, 11) is -15.8. The summed E-state index contributed by atoms with van der Waals surface area (Å²) in [6.07, 6.45) is -7.55. The second-order valence-electron chi connectivity index (χ2n) is 6.42. The number of phosphoric acid groups is 3. The Morgan fingerprint density at radius 2 is 1.62 bits per heavy atom. The number of nitrogens with one attached hydrogen (secondary N) is 2. The van der Waals surface area contributed by atoms with Gasteiger partial charge in [-0.25, -0.2) is 18.7 Å². The second kappa shape index (κ2) is 8.83. The molecule has 0 saturated carbocycles. The topological polar surface area (TPSA) is 294 Å². The summed E-state index contributed by atoms with van der Waals surface area (Å²) in [5.74, 6) is -0.836. The molecule has 0 radical (unpaired) electrons. The molecular weight excluding hydrogens is 507 g/mol. The van der Waals surface area contributed by atoms with Crippen LogP contribution in [0.15, 0.2) is 6.33 Å². The molecule has 0 bridgehead atoms. The van der Waals surface area contributed by atoms with E-state index in [1.807, 2.05) is 0 Å². The Kier molecular flexibility index (Phi) is 6.99. The van der Waals surface area contributed by atoms with Crippen molar-refractivity contribution in [2.45, 2.75) is 30.8 Å². The zero-order valence-electron chi connectivity index (χ0n) is 15.4. The van der Waals surface area contributed by atoms with Gasteiger partial charge in [-0.05, 0) is 0 Å². The summed E-state index contributed by atoms with van der Waals surface area (Å²) in [5.41, 5.74) is 5.41. The summed E-state index contributed by atoms with van der Waals surface area (Å²) < 4.78 is 53.9. The zero-order valence-corrected chi connectivity index (χ0v) is 18.1. The third-order valence-corrected chi connectivity index (χ3v) is 5.59. The summed E-state index contributed by atoms with van der Waals surface area (Å²) >= 11 is 0. The Morgan fingerprint density at radius 1 is 1.03 bits per heavy atom. The van der Waals surface area contributed by atoms with E-state index >= 15 is 0 Å². The van der Waals surface area contributed by atoms with Gasteiger partial charge in [-0.3, -0.25) is 28.7 Å². The number of imidazole rings is 1. The first-order valence-corrected chi connectivity index (χ1v) is 12.9. The van der Waals surface area contributed by atoms with Crippen molar-refractivity contribution in [1.82, 2.24) is 14.9 Å². The lowest BCUT2D eigenvalue weighted by molar-refractivity contribution is -0.0504. The van der Waals surface area contributed by atoms with Gasteiger partial charge in [-0.15, -0.1) is 0 Å². The number of nitrogens with zero attached hydrogens (tertiary/aromatic N) is 2. The van der Waals surface area contributed by atoms with Crippen LogP contribution in [0.3, 0.4) is 0 Å². The highest BCUT2D eigenvalue weighted by Crippen LogP contribution is 2.51. The lowest BCUT2D eigenvalue weighted by Crippen LogP contribution is -2.51. The molecule has 0 spiro atoms. The van der Waals surface area contributed by atoms with Crippen LogP contribution in [-0.2, 0) is 32.0 Å². The number of nitrogens with two attached hydrogens (primary N) is 1. The van der Waals surface area contributed by atoms with E-state index in [0.29, 0.717) is 0 Å². The molecular formula is C10H18N5O14P3. The molecule has 0 aliphatic carbocycles. The van der Waals surface area contributed by atoms with Gasteiger partial charge in [0, 0.05) is 0 Å². The van der Waals surface area contributed by atoms with Gasteiger partial charge in [-0.1, -0.05) is 0 Å². The average molecular weight is 525 g/mol. The van der Waals surface area contributed by atoms with E-state index in [1.165, 1.54) is 0 Å². The second-order valence-corrected chi connectivity index (χ2v) is 10.0.